The SMILES string of the molecule is NC1CNCC2(O1)c1cc(I)ccc1Oc1ncc(Br)cc12. The van der Waals surface area contributed by atoms with Crippen LogP contribution in [0.25, 0.3) is 0 Å². The molecule has 3 heterocycles. The Morgan fingerprint density at radius 2 is 2.23 bits per heavy atom. The number of nitrogens with zero attached hydrogens (tertiary/aromatic N) is 1. The van der Waals surface area contributed by atoms with Crippen LogP contribution in [0.15, 0.2) is 34.9 Å². The summed E-state index contributed by atoms with van der Waals surface area (Å²) in [5.41, 5.74) is 7.26. The fraction of sp³-hybridized carbons (Fsp3) is 0.267. The Labute approximate surface area is 149 Å². The zero-order valence-corrected chi connectivity index (χ0v) is 15.2. The molecule has 2 aliphatic rings. The summed E-state index contributed by atoms with van der Waals surface area (Å²) in [5.74, 6) is 1.33. The predicted molar refractivity (Wildman–Crippen MR) is 93.9 cm³/mol. The number of aromatic nitrogens is 1. The van der Waals surface area contributed by atoms with Crippen LogP contribution in [0.4, 0.5) is 0 Å². The van der Waals surface area contributed by atoms with E-state index in [2.05, 4.69) is 54.9 Å². The lowest BCUT2D eigenvalue weighted by Crippen LogP contribution is -2.56. The van der Waals surface area contributed by atoms with E-state index in [4.69, 9.17) is 15.2 Å². The van der Waals surface area contributed by atoms with Gasteiger partial charge < -0.3 is 20.5 Å². The molecule has 3 N–H and O–H groups in total. The third-order valence-electron chi connectivity index (χ3n) is 3.91. The molecule has 1 fully saturated rings. The molecule has 2 atom stereocenters. The first-order valence-electron chi connectivity index (χ1n) is 6.86. The minimum atomic E-state index is -0.682. The summed E-state index contributed by atoms with van der Waals surface area (Å²) < 4.78 is 14.2. The summed E-state index contributed by atoms with van der Waals surface area (Å²) in [4.78, 5) is 4.40. The quantitative estimate of drug-likeness (QED) is 0.576. The minimum absolute atomic E-state index is 0.385. The number of pyridine rings is 1. The maximum absolute atomic E-state index is 6.25. The lowest BCUT2D eigenvalue weighted by atomic mass is 9.83. The Kier molecular flexibility index (Phi) is 3.65. The maximum atomic E-state index is 6.25. The van der Waals surface area contributed by atoms with Gasteiger partial charge in [-0.3, -0.25) is 0 Å². The molecule has 1 aromatic carbocycles. The summed E-state index contributed by atoms with van der Waals surface area (Å²) in [6, 6.07) is 8.03. The number of hydrogen-bond donors (Lipinski definition) is 2. The summed E-state index contributed by atoms with van der Waals surface area (Å²) in [7, 11) is 0. The first-order valence-corrected chi connectivity index (χ1v) is 8.74. The van der Waals surface area contributed by atoms with Gasteiger partial charge in [0, 0.05) is 32.9 Å². The average Bonchev–Trinajstić information content (AvgIpc) is 2.49. The minimum Gasteiger partial charge on any atom is -0.438 e. The van der Waals surface area contributed by atoms with Gasteiger partial charge in [0.1, 0.15) is 17.6 Å². The summed E-state index contributed by atoms with van der Waals surface area (Å²) in [6.45, 7) is 1.25. The Morgan fingerprint density at radius 1 is 1.36 bits per heavy atom. The van der Waals surface area contributed by atoms with Crippen LogP contribution >= 0.6 is 38.5 Å². The van der Waals surface area contributed by atoms with Crippen molar-refractivity contribution in [3.05, 3.63) is 49.6 Å². The van der Waals surface area contributed by atoms with Crippen molar-refractivity contribution in [1.82, 2.24) is 10.3 Å². The van der Waals surface area contributed by atoms with Gasteiger partial charge in [0.15, 0.2) is 0 Å². The maximum Gasteiger partial charge on any atom is 0.225 e. The van der Waals surface area contributed by atoms with Crippen molar-refractivity contribution in [2.24, 2.45) is 5.73 Å². The molecule has 0 amide bonds. The van der Waals surface area contributed by atoms with Crippen molar-refractivity contribution in [2.75, 3.05) is 13.1 Å². The van der Waals surface area contributed by atoms with Crippen LogP contribution in [0.1, 0.15) is 11.1 Å². The summed E-state index contributed by atoms with van der Waals surface area (Å²) >= 11 is 5.77. The third kappa shape index (κ3) is 2.26. The molecule has 114 valence electrons. The van der Waals surface area contributed by atoms with Crippen LogP contribution in [0, 0.1) is 3.57 Å². The smallest absolute Gasteiger partial charge is 0.225 e. The van der Waals surface area contributed by atoms with E-state index in [0.29, 0.717) is 19.0 Å². The van der Waals surface area contributed by atoms with Crippen LogP contribution in [0.5, 0.6) is 11.6 Å². The van der Waals surface area contributed by atoms with Gasteiger partial charge in [0.2, 0.25) is 5.88 Å². The lowest BCUT2D eigenvalue weighted by Gasteiger charge is -2.44. The summed E-state index contributed by atoms with van der Waals surface area (Å²) in [5, 5.41) is 3.36. The molecule has 2 aliphatic heterocycles. The van der Waals surface area contributed by atoms with Gasteiger partial charge in [0.25, 0.3) is 0 Å². The van der Waals surface area contributed by atoms with Gasteiger partial charge in [-0.2, -0.15) is 0 Å². The molecule has 7 heteroatoms. The van der Waals surface area contributed by atoms with Crippen molar-refractivity contribution >= 4 is 38.5 Å². The van der Waals surface area contributed by atoms with Crippen LogP contribution < -0.4 is 15.8 Å². The Balaban J connectivity index is 1.99. The number of ether oxygens (including phenoxy) is 2. The molecule has 1 spiro atoms. The molecule has 2 unspecified atom stereocenters. The fourth-order valence-corrected chi connectivity index (χ4v) is 3.83. The standard InChI is InChI=1S/C15H13BrIN3O2/c16-8-3-11-14(20-5-8)21-12-2-1-9(17)4-10(12)15(11)7-19-6-13(18)22-15/h1-5,13,19H,6-7,18H2. The second-order valence-corrected chi connectivity index (χ2v) is 7.52. The van der Waals surface area contributed by atoms with Crippen LogP contribution in [0.3, 0.4) is 0 Å². The molecule has 22 heavy (non-hydrogen) atoms. The molecular weight excluding hydrogens is 461 g/mol. The third-order valence-corrected chi connectivity index (χ3v) is 5.01. The second kappa shape index (κ2) is 5.41. The Hall–Kier alpha value is -0.740. The largest absolute Gasteiger partial charge is 0.438 e. The van der Waals surface area contributed by atoms with Gasteiger partial charge in [-0.1, -0.05) is 0 Å². The topological polar surface area (TPSA) is 69.4 Å². The van der Waals surface area contributed by atoms with Gasteiger partial charge in [-0.15, -0.1) is 0 Å². The number of nitrogens with two attached hydrogens (primary N) is 1. The first kappa shape index (κ1) is 14.8. The molecule has 0 aliphatic carbocycles. The van der Waals surface area contributed by atoms with Crippen molar-refractivity contribution in [1.29, 1.82) is 0 Å². The molecule has 4 rings (SSSR count). The van der Waals surface area contributed by atoms with Gasteiger partial charge in [0.05, 0.1) is 5.56 Å². The highest BCUT2D eigenvalue weighted by atomic mass is 127. The predicted octanol–water partition coefficient (Wildman–Crippen LogP) is 2.70. The highest BCUT2D eigenvalue weighted by Crippen LogP contribution is 2.49. The van der Waals surface area contributed by atoms with E-state index in [-0.39, 0.29) is 6.23 Å². The van der Waals surface area contributed by atoms with Crippen LogP contribution in [0.2, 0.25) is 0 Å². The van der Waals surface area contributed by atoms with E-state index in [1.54, 1.807) is 6.20 Å². The number of nitrogens with one attached hydrogen (secondary N) is 1. The summed E-state index contributed by atoms with van der Waals surface area (Å²) in [6.07, 6.45) is 1.34. The number of halogens is 2. The van der Waals surface area contributed by atoms with Crippen molar-refractivity contribution < 1.29 is 9.47 Å². The number of hydrogen-bond acceptors (Lipinski definition) is 5. The van der Waals surface area contributed by atoms with E-state index in [1.807, 2.05) is 18.2 Å². The first-order chi connectivity index (χ1) is 10.6. The Bertz CT molecular complexity index is 704. The fourth-order valence-electron chi connectivity index (χ4n) is 3.00. The highest BCUT2D eigenvalue weighted by Gasteiger charge is 2.47. The van der Waals surface area contributed by atoms with Crippen molar-refractivity contribution in [3.8, 4) is 11.6 Å². The van der Waals surface area contributed by atoms with E-state index in [1.165, 1.54) is 0 Å². The van der Waals surface area contributed by atoms with E-state index < -0.39 is 5.60 Å². The average molecular weight is 474 g/mol. The molecule has 5 nitrogen and oxygen atoms in total. The molecule has 0 radical (unpaired) electrons. The van der Waals surface area contributed by atoms with E-state index in [9.17, 15) is 0 Å². The Morgan fingerprint density at radius 3 is 3.05 bits per heavy atom. The molecule has 1 saturated heterocycles. The zero-order valence-electron chi connectivity index (χ0n) is 11.5. The molecule has 0 saturated carbocycles. The van der Waals surface area contributed by atoms with Crippen molar-refractivity contribution in [3.63, 3.8) is 0 Å². The number of morpholine rings is 1. The zero-order chi connectivity index (χ0) is 15.3. The monoisotopic (exact) mass is 473 g/mol. The van der Waals surface area contributed by atoms with Gasteiger partial charge in [-0.25, -0.2) is 4.98 Å². The number of benzene rings is 1. The molecule has 0 bridgehead atoms. The van der Waals surface area contributed by atoms with E-state index >= 15 is 0 Å². The molecule has 1 aromatic heterocycles. The van der Waals surface area contributed by atoms with Crippen LogP contribution in [-0.2, 0) is 10.3 Å². The second-order valence-electron chi connectivity index (χ2n) is 5.36. The normalized spacial score (nSPS) is 26.2. The van der Waals surface area contributed by atoms with Crippen LogP contribution in [-0.4, -0.2) is 24.3 Å². The molecule has 2 aromatic rings. The van der Waals surface area contributed by atoms with Crippen molar-refractivity contribution in [2.45, 2.75) is 11.8 Å². The van der Waals surface area contributed by atoms with Gasteiger partial charge >= 0.3 is 0 Å². The van der Waals surface area contributed by atoms with Gasteiger partial charge in [-0.05, 0) is 62.8 Å². The molecular formula is C15H13BrIN3O2. The lowest BCUT2D eigenvalue weighted by molar-refractivity contribution is -0.0974. The number of fused-ring (bicyclic) bond motifs is 4. The number of rotatable bonds is 0. The highest BCUT2D eigenvalue weighted by molar-refractivity contribution is 14.1. The van der Waals surface area contributed by atoms with E-state index in [0.717, 1.165) is 24.9 Å².